The van der Waals surface area contributed by atoms with Crippen molar-refractivity contribution < 1.29 is 119 Å². The Balaban J connectivity index is 1.93. The lowest BCUT2D eigenvalue weighted by Gasteiger charge is -2.50. The van der Waals surface area contributed by atoms with Gasteiger partial charge < -0.3 is 76.2 Å². The van der Waals surface area contributed by atoms with E-state index in [0.29, 0.717) is 5.56 Å². The molecule has 4 rings (SSSR count). The summed E-state index contributed by atoms with van der Waals surface area (Å²) in [7, 11) is 0. The molecule has 1 aromatic rings. The van der Waals surface area contributed by atoms with E-state index in [1.54, 1.807) is 30.3 Å². The number of benzene rings is 1. The molecule has 0 spiro atoms. The minimum atomic E-state index is -2.07. The monoisotopic (exact) mass is 1010 g/mol. The van der Waals surface area contributed by atoms with Gasteiger partial charge in [-0.2, -0.15) is 0 Å². The van der Waals surface area contributed by atoms with Crippen molar-refractivity contribution in [3.8, 4) is 0 Å². The number of hydrogen-bond donors (Lipinski definition) is 1. The van der Waals surface area contributed by atoms with Gasteiger partial charge in [-0.25, -0.2) is 0 Å². The second-order valence-electron chi connectivity index (χ2n) is 15.5. The van der Waals surface area contributed by atoms with Crippen LogP contribution in [0.5, 0.6) is 0 Å². The van der Waals surface area contributed by atoms with Crippen LogP contribution in [-0.4, -0.2) is 177 Å². The molecule has 0 bridgehead atoms. The first-order valence-electron chi connectivity index (χ1n) is 21.2. The van der Waals surface area contributed by atoms with Gasteiger partial charge in [0.05, 0.1) is 13.2 Å². The van der Waals surface area contributed by atoms with E-state index >= 15 is 0 Å². The summed E-state index contributed by atoms with van der Waals surface area (Å²) in [5.74, 6) is -9.41. The number of aliphatic hydroxyl groups is 1. The fourth-order valence-electron chi connectivity index (χ4n) is 7.45. The second kappa shape index (κ2) is 26.4. The van der Waals surface area contributed by atoms with Crippen molar-refractivity contribution in [2.24, 2.45) is 0 Å². The third kappa shape index (κ3) is 16.8. The van der Waals surface area contributed by atoms with Gasteiger partial charge in [0.2, 0.25) is 0 Å². The SMILES string of the molecule is CC(=O)OC[C@H]1O[C@@H](O)[C@H](OC(C)=O)[C@@H](OC(C)=O)[C@@H]1O[C@@H]1O[C@H](COC(=O)CCl)[C@H](OC(C)=O)[C@H](O[C@@H]2O[C@H](COCc3ccccc3)[C@H](OC(C)=O)[C@H](OC(C)=O)[C@H]2OC(C)=O)[C@H]1OC(C)=O. The molecule has 0 amide bonds. The van der Waals surface area contributed by atoms with E-state index in [9.17, 15) is 48.3 Å². The number of carbonyl (C=O) groups is 9. The topological polar surface area (TPSA) is 312 Å². The first kappa shape index (κ1) is 56.1. The summed E-state index contributed by atoms with van der Waals surface area (Å²) in [5.41, 5.74) is 0.713. The quantitative estimate of drug-likeness (QED) is 0.102. The van der Waals surface area contributed by atoms with Gasteiger partial charge in [-0.15, -0.1) is 11.6 Å². The van der Waals surface area contributed by atoms with Crippen LogP contribution in [0.25, 0.3) is 0 Å². The molecule has 3 fully saturated rings. The molecule has 1 N–H and O–H groups in total. The molecule has 3 saturated heterocycles. The Morgan fingerprint density at radius 3 is 1.35 bits per heavy atom. The number of carbonyl (C=O) groups excluding carboxylic acids is 9. The van der Waals surface area contributed by atoms with Crippen LogP contribution in [0.15, 0.2) is 30.3 Å². The summed E-state index contributed by atoms with van der Waals surface area (Å²) in [6.45, 7) is 6.02. The van der Waals surface area contributed by atoms with E-state index in [1.165, 1.54) is 0 Å². The molecule has 0 aliphatic carbocycles. The van der Waals surface area contributed by atoms with Crippen molar-refractivity contribution in [3.05, 3.63) is 35.9 Å². The standard InChI is InChI=1S/C43H55ClO25/c1-19(45)56-17-29-34(35(60-22(4)48)38(41(54)65-29)62-24(6)50)68-42-40(64-26(8)52)37(33(59-21(3)47)30(67-42)18-57-31(53)14-44)69-43-39(63-25(7)51)36(61-23(5)49)32(58-20(2)46)28(66-43)16-55-15-27-12-10-9-11-13-27/h9-13,28-30,32-43,54H,14-18H2,1-8H3/t28-,29-,30-,32+,33+,34-,35+,36+,37+,38-,39-,40-,41-,42+,43+/m1/s1. The number of aliphatic hydroxyl groups excluding tert-OH is 1. The van der Waals surface area contributed by atoms with Crippen LogP contribution in [0, 0.1) is 0 Å². The van der Waals surface area contributed by atoms with Gasteiger partial charge in [-0.1, -0.05) is 30.3 Å². The molecule has 3 heterocycles. The molecule has 25 nitrogen and oxygen atoms in total. The zero-order valence-corrected chi connectivity index (χ0v) is 39.5. The summed E-state index contributed by atoms with van der Waals surface area (Å²) in [6.07, 6.45) is -27.1. The lowest BCUT2D eigenvalue weighted by atomic mass is 9.95. The number of ether oxygens (including phenoxy) is 15. The fraction of sp³-hybridized carbons (Fsp3) is 0.651. The maximum atomic E-state index is 13.1. The molecule has 69 heavy (non-hydrogen) atoms. The molecule has 0 radical (unpaired) electrons. The van der Waals surface area contributed by atoms with Crippen molar-refractivity contribution >= 4 is 65.3 Å². The van der Waals surface area contributed by atoms with Gasteiger partial charge in [0, 0.05) is 55.4 Å². The average Bonchev–Trinajstić information content (AvgIpc) is 3.25. The second-order valence-corrected chi connectivity index (χ2v) is 15.8. The molecule has 15 atom stereocenters. The highest BCUT2D eigenvalue weighted by Gasteiger charge is 2.60. The Labute approximate surface area is 399 Å². The van der Waals surface area contributed by atoms with E-state index in [4.69, 9.17) is 82.7 Å². The maximum Gasteiger partial charge on any atom is 0.320 e. The van der Waals surface area contributed by atoms with Crippen molar-refractivity contribution in [1.29, 1.82) is 0 Å². The van der Waals surface area contributed by atoms with Crippen LogP contribution in [0.1, 0.15) is 61.0 Å². The molecule has 0 saturated carbocycles. The Morgan fingerprint density at radius 1 is 0.464 bits per heavy atom. The fourth-order valence-corrected chi connectivity index (χ4v) is 7.53. The van der Waals surface area contributed by atoms with Crippen molar-refractivity contribution in [2.75, 3.05) is 25.7 Å². The molecule has 1 aromatic carbocycles. The van der Waals surface area contributed by atoms with E-state index in [2.05, 4.69) is 0 Å². The highest BCUT2D eigenvalue weighted by molar-refractivity contribution is 6.26. The average molecular weight is 1010 g/mol. The molecule has 0 unspecified atom stereocenters. The Hall–Kier alpha value is -5.54. The van der Waals surface area contributed by atoms with Gasteiger partial charge >= 0.3 is 53.7 Å². The zero-order chi connectivity index (χ0) is 51.1. The number of hydrogen-bond acceptors (Lipinski definition) is 25. The van der Waals surface area contributed by atoms with Crippen molar-refractivity contribution in [2.45, 2.75) is 154 Å². The minimum absolute atomic E-state index is 0.0115. The minimum Gasteiger partial charge on any atom is -0.463 e. The Morgan fingerprint density at radius 2 is 0.855 bits per heavy atom. The van der Waals surface area contributed by atoms with Gasteiger partial charge in [0.1, 0.15) is 49.6 Å². The van der Waals surface area contributed by atoms with Gasteiger partial charge in [0.25, 0.3) is 0 Å². The first-order chi connectivity index (χ1) is 32.6. The molecule has 26 heteroatoms. The maximum absolute atomic E-state index is 13.1. The third-order valence-corrected chi connectivity index (χ3v) is 10.1. The summed E-state index contributed by atoms with van der Waals surface area (Å²) in [4.78, 5) is 113. The predicted molar refractivity (Wildman–Crippen MR) is 221 cm³/mol. The smallest absolute Gasteiger partial charge is 0.320 e. The number of esters is 9. The summed E-state index contributed by atoms with van der Waals surface area (Å²) < 4.78 is 86.6. The molecule has 0 aromatic heterocycles. The zero-order valence-electron chi connectivity index (χ0n) is 38.7. The number of rotatable bonds is 20. The van der Waals surface area contributed by atoms with Gasteiger partial charge in [0.15, 0.2) is 61.6 Å². The van der Waals surface area contributed by atoms with Gasteiger partial charge in [-0.3, -0.25) is 43.2 Å². The summed E-state index contributed by atoms with van der Waals surface area (Å²) in [5, 5.41) is 11.0. The number of alkyl halides is 1. The summed E-state index contributed by atoms with van der Waals surface area (Å²) >= 11 is 5.72. The third-order valence-electron chi connectivity index (χ3n) is 9.85. The lowest BCUT2D eigenvalue weighted by Crippen LogP contribution is -2.69. The van der Waals surface area contributed by atoms with Crippen LogP contribution in [0.3, 0.4) is 0 Å². The molecular weight excluding hydrogens is 952 g/mol. The van der Waals surface area contributed by atoms with Crippen molar-refractivity contribution in [3.63, 3.8) is 0 Å². The lowest BCUT2D eigenvalue weighted by molar-refractivity contribution is -0.380. The Bertz CT molecular complexity index is 1970. The molecule has 3 aliphatic rings. The van der Waals surface area contributed by atoms with Crippen molar-refractivity contribution in [1.82, 2.24) is 0 Å². The number of halogens is 1. The highest BCUT2D eigenvalue weighted by Crippen LogP contribution is 2.38. The van der Waals surface area contributed by atoms with Crippen LogP contribution < -0.4 is 0 Å². The van der Waals surface area contributed by atoms with Gasteiger partial charge in [-0.05, 0) is 5.56 Å². The molecular formula is C43H55ClO25. The van der Waals surface area contributed by atoms with Crippen LogP contribution in [0.2, 0.25) is 0 Å². The van der Waals surface area contributed by atoms with Crippen LogP contribution >= 0.6 is 11.6 Å². The Kier molecular flexibility index (Phi) is 21.5. The van der Waals surface area contributed by atoms with E-state index in [1.807, 2.05) is 0 Å². The molecule has 3 aliphatic heterocycles. The molecule has 384 valence electrons. The summed E-state index contributed by atoms with van der Waals surface area (Å²) in [6, 6.07) is 8.82. The largest absolute Gasteiger partial charge is 0.463 e. The normalized spacial score (nSPS) is 30.8. The highest BCUT2D eigenvalue weighted by atomic mass is 35.5. The first-order valence-corrected chi connectivity index (χ1v) is 21.7. The van der Waals surface area contributed by atoms with E-state index < -0.39 is 172 Å². The van der Waals surface area contributed by atoms with Crippen LogP contribution in [-0.2, 0) is 121 Å². The predicted octanol–water partition coefficient (Wildman–Crippen LogP) is 0.00760. The van der Waals surface area contributed by atoms with E-state index in [0.717, 1.165) is 55.4 Å². The van der Waals surface area contributed by atoms with Crippen LogP contribution in [0.4, 0.5) is 0 Å². The van der Waals surface area contributed by atoms with E-state index in [-0.39, 0.29) is 6.61 Å².